The van der Waals surface area contributed by atoms with Crippen LogP contribution in [0.2, 0.25) is 0 Å². The molecule has 0 atom stereocenters. The van der Waals surface area contributed by atoms with E-state index in [1.54, 1.807) is 24.3 Å². The summed E-state index contributed by atoms with van der Waals surface area (Å²) in [4.78, 5) is 11.0. The van der Waals surface area contributed by atoms with Gasteiger partial charge in [-0.05, 0) is 48.5 Å². The molecular weight excluding hydrogens is 278 g/mol. The largest absolute Gasteiger partial charge is 0.478 e. The number of nitrogens with one attached hydrogen (secondary N) is 1. The molecule has 0 heterocycles. The molecule has 0 fully saturated rings. The van der Waals surface area contributed by atoms with Gasteiger partial charge in [-0.3, -0.25) is 0 Å². The zero-order valence-electron chi connectivity index (χ0n) is 10.7. The Labute approximate surface area is 116 Å². The topological polar surface area (TPSA) is 83.5 Å². The number of benzene rings is 2. The highest BCUT2D eigenvalue weighted by molar-refractivity contribution is 7.90. The van der Waals surface area contributed by atoms with Crippen LogP contribution in [0.4, 0.5) is 11.4 Å². The van der Waals surface area contributed by atoms with Gasteiger partial charge in [0.15, 0.2) is 9.84 Å². The number of anilines is 2. The molecule has 0 aromatic heterocycles. The van der Waals surface area contributed by atoms with Crippen LogP contribution in [0.25, 0.3) is 0 Å². The molecule has 0 aliphatic carbocycles. The Morgan fingerprint density at radius 3 is 1.80 bits per heavy atom. The summed E-state index contributed by atoms with van der Waals surface area (Å²) < 4.78 is 22.7. The summed E-state index contributed by atoms with van der Waals surface area (Å²) in [6, 6.07) is 12.6. The van der Waals surface area contributed by atoms with Gasteiger partial charge in [0.05, 0.1) is 10.5 Å². The second-order valence-corrected chi connectivity index (χ2v) is 6.32. The summed E-state index contributed by atoms with van der Waals surface area (Å²) >= 11 is 0. The third-order valence-electron chi connectivity index (χ3n) is 2.70. The van der Waals surface area contributed by atoms with E-state index < -0.39 is 15.8 Å². The van der Waals surface area contributed by atoms with E-state index in [-0.39, 0.29) is 10.5 Å². The molecule has 104 valence electrons. The lowest BCUT2D eigenvalue weighted by Crippen LogP contribution is -1.98. The lowest BCUT2D eigenvalue weighted by atomic mass is 10.2. The predicted molar refractivity (Wildman–Crippen MR) is 76.2 cm³/mol. The molecule has 0 radical (unpaired) electrons. The van der Waals surface area contributed by atoms with Gasteiger partial charge in [0.25, 0.3) is 0 Å². The van der Waals surface area contributed by atoms with Crippen LogP contribution in [-0.2, 0) is 9.84 Å². The van der Waals surface area contributed by atoms with Gasteiger partial charge < -0.3 is 10.4 Å². The summed E-state index contributed by atoms with van der Waals surface area (Å²) in [5.74, 6) is -0.978. The molecule has 0 bridgehead atoms. The number of hydrogen-bond acceptors (Lipinski definition) is 4. The van der Waals surface area contributed by atoms with Gasteiger partial charge in [0, 0.05) is 17.6 Å². The minimum absolute atomic E-state index is 0.211. The van der Waals surface area contributed by atoms with Crippen molar-refractivity contribution in [3.05, 3.63) is 54.1 Å². The number of carboxylic acids is 1. The molecule has 0 saturated heterocycles. The maximum absolute atomic E-state index is 11.3. The number of hydrogen-bond donors (Lipinski definition) is 2. The molecule has 0 spiro atoms. The van der Waals surface area contributed by atoms with Crippen molar-refractivity contribution in [1.29, 1.82) is 0 Å². The predicted octanol–water partition coefficient (Wildman–Crippen LogP) is 2.53. The smallest absolute Gasteiger partial charge is 0.335 e. The number of aromatic carboxylic acids is 1. The van der Waals surface area contributed by atoms with Crippen LogP contribution in [0.15, 0.2) is 53.4 Å². The number of carboxylic acid groups (broad SMARTS) is 1. The van der Waals surface area contributed by atoms with Gasteiger partial charge in [0.2, 0.25) is 0 Å². The van der Waals surface area contributed by atoms with Gasteiger partial charge in [-0.25, -0.2) is 13.2 Å². The first-order chi connectivity index (χ1) is 9.36. The highest BCUT2D eigenvalue weighted by atomic mass is 32.2. The van der Waals surface area contributed by atoms with Crippen molar-refractivity contribution in [1.82, 2.24) is 0 Å². The summed E-state index contributed by atoms with van der Waals surface area (Å²) in [6.45, 7) is 0. The zero-order chi connectivity index (χ0) is 14.8. The standard InChI is InChI=1S/C14H13NO4S/c1-20(18,19)13-8-6-12(7-9-13)15-11-4-2-10(3-5-11)14(16)17/h2-9,15H,1H3,(H,16,17). The first-order valence-corrected chi connectivity index (χ1v) is 7.66. The van der Waals surface area contributed by atoms with Gasteiger partial charge in [-0.1, -0.05) is 0 Å². The fourth-order valence-corrected chi connectivity index (χ4v) is 2.28. The molecule has 2 N–H and O–H groups in total. The minimum atomic E-state index is -3.20. The average molecular weight is 291 g/mol. The van der Waals surface area contributed by atoms with E-state index in [2.05, 4.69) is 5.32 Å². The summed E-state index contributed by atoms with van der Waals surface area (Å²) in [6.07, 6.45) is 1.15. The van der Waals surface area contributed by atoms with E-state index in [0.29, 0.717) is 0 Å². The monoisotopic (exact) mass is 291 g/mol. The Hall–Kier alpha value is -2.34. The van der Waals surface area contributed by atoms with E-state index in [0.717, 1.165) is 17.6 Å². The van der Waals surface area contributed by atoms with E-state index in [9.17, 15) is 13.2 Å². The van der Waals surface area contributed by atoms with Crippen molar-refractivity contribution in [2.45, 2.75) is 4.90 Å². The first-order valence-electron chi connectivity index (χ1n) is 5.77. The zero-order valence-corrected chi connectivity index (χ0v) is 11.5. The quantitative estimate of drug-likeness (QED) is 0.904. The SMILES string of the molecule is CS(=O)(=O)c1ccc(Nc2ccc(C(=O)O)cc2)cc1. The van der Waals surface area contributed by atoms with Crippen LogP contribution in [0.1, 0.15) is 10.4 Å². The number of rotatable bonds is 4. The molecular formula is C14H13NO4S. The van der Waals surface area contributed by atoms with Gasteiger partial charge in [-0.15, -0.1) is 0 Å². The normalized spacial score (nSPS) is 11.1. The highest BCUT2D eigenvalue weighted by Gasteiger charge is 2.06. The molecule has 2 aromatic carbocycles. The molecule has 6 heteroatoms. The van der Waals surface area contributed by atoms with E-state index >= 15 is 0 Å². The van der Waals surface area contributed by atoms with Crippen LogP contribution in [0, 0.1) is 0 Å². The third-order valence-corrected chi connectivity index (χ3v) is 3.83. The van der Waals surface area contributed by atoms with Crippen LogP contribution in [-0.4, -0.2) is 25.7 Å². The Bertz CT molecular complexity index is 719. The van der Waals surface area contributed by atoms with Crippen molar-refractivity contribution in [3.8, 4) is 0 Å². The second-order valence-electron chi connectivity index (χ2n) is 4.30. The van der Waals surface area contributed by atoms with Crippen molar-refractivity contribution in [2.75, 3.05) is 11.6 Å². The second kappa shape index (κ2) is 5.34. The maximum atomic E-state index is 11.3. The van der Waals surface area contributed by atoms with Crippen molar-refractivity contribution < 1.29 is 18.3 Å². The van der Waals surface area contributed by atoms with E-state index in [1.807, 2.05) is 0 Å². The fraction of sp³-hybridized carbons (Fsp3) is 0.0714. The Morgan fingerprint density at radius 2 is 1.40 bits per heavy atom. The molecule has 0 saturated carbocycles. The molecule has 5 nitrogen and oxygen atoms in total. The van der Waals surface area contributed by atoms with Crippen molar-refractivity contribution in [2.24, 2.45) is 0 Å². The Morgan fingerprint density at radius 1 is 0.950 bits per heavy atom. The van der Waals surface area contributed by atoms with Crippen LogP contribution in [0.3, 0.4) is 0 Å². The molecule has 2 aromatic rings. The van der Waals surface area contributed by atoms with E-state index in [4.69, 9.17) is 5.11 Å². The fourth-order valence-electron chi connectivity index (χ4n) is 1.65. The lowest BCUT2D eigenvalue weighted by Gasteiger charge is -2.07. The summed E-state index contributed by atoms with van der Waals surface area (Å²) in [5.41, 5.74) is 1.66. The van der Waals surface area contributed by atoms with E-state index in [1.165, 1.54) is 24.3 Å². The highest BCUT2D eigenvalue weighted by Crippen LogP contribution is 2.19. The lowest BCUT2D eigenvalue weighted by molar-refractivity contribution is 0.0697. The maximum Gasteiger partial charge on any atom is 0.335 e. The summed E-state index contributed by atoms with van der Waals surface area (Å²) in [7, 11) is -3.20. The number of sulfone groups is 1. The van der Waals surface area contributed by atoms with Crippen LogP contribution in [0.5, 0.6) is 0 Å². The molecule has 0 aliphatic heterocycles. The molecule has 2 rings (SSSR count). The molecule has 0 unspecified atom stereocenters. The number of carbonyl (C=O) groups is 1. The first kappa shape index (κ1) is 14.1. The van der Waals surface area contributed by atoms with Crippen molar-refractivity contribution >= 4 is 27.2 Å². The molecule has 20 heavy (non-hydrogen) atoms. The average Bonchev–Trinajstić information content (AvgIpc) is 2.39. The molecule has 0 aliphatic rings. The third kappa shape index (κ3) is 3.36. The molecule has 0 amide bonds. The Kier molecular flexibility index (Phi) is 3.76. The van der Waals surface area contributed by atoms with Crippen LogP contribution >= 0.6 is 0 Å². The minimum Gasteiger partial charge on any atom is -0.478 e. The van der Waals surface area contributed by atoms with Crippen LogP contribution < -0.4 is 5.32 Å². The van der Waals surface area contributed by atoms with Gasteiger partial charge >= 0.3 is 5.97 Å². The summed E-state index contributed by atoms with van der Waals surface area (Å²) in [5, 5.41) is 11.9. The van der Waals surface area contributed by atoms with Gasteiger partial charge in [-0.2, -0.15) is 0 Å². The van der Waals surface area contributed by atoms with Crippen molar-refractivity contribution in [3.63, 3.8) is 0 Å². The van der Waals surface area contributed by atoms with Gasteiger partial charge in [0.1, 0.15) is 0 Å². The Balaban J connectivity index is 2.16.